The van der Waals surface area contributed by atoms with Crippen LogP contribution in [0.15, 0.2) is 24.3 Å². The summed E-state index contributed by atoms with van der Waals surface area (Å²) in [6, 6.07) is 4.98. The van der Waals surface area contributed by atoms with Gasteiger partial charge in [-0.15, -0.1) is 13.2 Å². The average molecular weight is 381 g/mol. The van der Waals surface area contributed by atoms with Gasteiger partial charge in [-0.3, -0.25) is 0 Å². The van der Waals surface area contributed by atoms with Crippen molar-refractivity contribution >= 4 is 10.0 Å². The minimum atomic E-state index is -4.73. The zero-order valence-electron chi connectivity index (χ0n) is 13.9. The normalized spacial score (nSPS) is 21.8. The first kappa shape index (κ1) is 19.8. The zero-order chi connectivity index (χ0) is 18.5. The van der Waals surface area contributed by atoms with Crippen molar-refractivity contribution < 1.29 is 31.1 Å². The molecule has 1 aliphatic carbocycles. The van der Waals surface area contributed by atoms with E-state index in [-0.39, 0.29) is 23.5 Å². The van der Waals surface area contributed by atoms with Crippen molar-refractivity contribution in [1.82, 2.24) is 4.72 Å². The molecule has 1 fully saturated rings. The van der Waals surface area contributed by atoms with Crippen molar-refractivity contribution in [3.63, 3.8) is 0 Å². The van der Waals surface area contributed by atoms with Gasteiger partial charge in [-0.25, -0.2) is 13.1 Å². The molecule has 5 nitrogen and oxygen atoms in total. The number of hydrogen-bond donors (Lipinski definition) is 1. The number of hydrogen-bond acceptors (Lipinski definition) is 4. The highest BCUT2D eigenvalue weighted by molar-refractivity contribution is 7.89. The van der Waals surface area contributed by atoms with Crippen LogP contribution in [-0.4, -0.2) is 33.2 Å². The number of nitrogens with one attached hydrogen (secondary N) is 1. The van der Waals surface area contributed by atoms with Gasteiger partial charge >= 0.3 is 6.36 Å². The number of ether oxygens (including phenoxy) is 2. The lowest BCUT2D eigenvalue weighted by Crippen LogP contribution is -2.44. The predicted molar refractivity (Wildman–Crippen MR) is 87.0 cm³/mol. The second-order valence-electron chi connectivity index (χ2n) is 6.00. The molecule has 0 aromatic heterocycles. The van der Waals surface area contributed by atoms with Gasteiger partial charge in [0.15, 0.2) is 0 Å². The molecule has 142 valence electrons. The van der Waals surface area contributed by atoms with E-state index in [1.807, 2.05) is 0 Å². The van der Waals surface area contributed by atoms with Crippen LogP contribution in [0.3, 0.4) is 0 Å². The fourth-order valence-electron chi connectivity index (χ4n) is 2.82. The van der Waals surface area contributed by atoms with E-state index >= 15 is 0 Å². The van der Waals surface area contributed by atoms with Gasteiger partial charge in [-0.2, -0.15) is 0 Å². The minimum Gasteiger partial charge on any atom is -0.493 e. The van der Waals surface area contributed by atoms with Gasteiger partial charge in [0.1, 0.15) is 11.5 Å². The molecule has 0 radical (unpaired) electrons. The second-order valence-corrected chi connectivity index (χ2v) is 8.05. The van der Waals surface area contributed by atoms with Crippen LogP contribution in [0, 0.1) is 5.92 Å². The standard InChI is InChI=1S/C16H22F3NO4S/c1-2-25(21,22)20-15-6-4-3-5-12(15)11-23-13-7-9-14(10-8-13)24-16(17,18)19/h7-10,12,15,20H,2-6,11H2,1H3/t12-,15+/m0/s1. The summed E-state index contributed by atoms with van der Waals surface area (Å²) in [5.74, 6) is 0.155. The summed E-state index contributed by atoms with van der Waals surface area (Å²) >= 11 is 0. The van der Waals surface area contributed by atoms with E-state index in [2.05, 4.69) is 9.46 Å². The van der Waals surface area contributed by atoms with E-state index in [0.29, 0.717) is 12.4 Å². The molecule has 0 heterocycles. The Balaban J connectivity index is 1.92. The Morgan fingerprint density at radius 2 is 1.72 bits per heavy atom. The van der Waals surface area contributed by atoms with Gasteiger partial charge in [0.05, 0.1) is 12.4 Å². The van der Waals surface area contributed by atoms with E-state index in [0.717, 1.165) is 25.7 Å². The monoisotopic (exact) mass is 381 g/mol. The third-order valence-corrected chi connectivity index (χ3v) is 5.56. The zero-order valence-corrected chi connectivity index (χ0v) is 14.7. The number of rotatable bonds is 7. The first-order valence-electron chi connectivity index (χ1n) is 8.17. The van der Waals surface area contributed by atoms with Crippen LogP contribution < -0.4 is 14.2 Å². The molecule has 2 atom stereocenters. The molecule has 1 aromatic carbocycles. The Morgan fingerprint density at radius 1 is 1.12 bits per heavy atom. The van der Waals surface area contributed by atoms with Crippen molar-refractivity contribution in [3.05, 3.63) is 24.3 Å². The maximum atomic E-state index is 12.1. The molecule has 0 spiro atoms. The van der Waals surface area contributed by atoms with Gasteiger partial charge < -0.3 is 9.47 Å². The molecule has 2 rings (SSSR count). The molecule has 1 saturated carbocycles. The number of benzene rings is 1. The maximum absolute atomic E-state index is 12.1. The Labute approximate surface area is 145 Å². The Morgan fingerprint density at radius 3 is 2.32 bits per heavy atom. The molecule has 0 bridgehead atoms. The Kier molecular flexibility index (Phi) is 6.56. The topological polar surface area (TPSA) is 64.6 Å². The highest BCUT2D eigenvalue weighted by Crippen LogP contribution is 2.28. The molecule has 1 aliphatic rings. The molecule has 0 unspecified atom stereocenters. The Bertz CT molecular complexity index is 646. The van der Waals surface area contributed by atoms with E-state index < -0.39 is 16.4 Å². The lowest BCUT2D eigenvalue weighted by molar-refractivity contribution is -0.274. The first-order chi connectivity index (χ1) is 11.7. The van der Waals surface area contributed by atoms with Crippen LogP contribution in [0.2, 0.25) is 0 Å². The first-order valence-corrected chi connectivity index (χ1v) is 9.82. The van der Waals surface area contributed by atoms with Gasteiger partial charge in [0.25, 0.3) is 0 Å². The van der Waals surface area contributed by atoms with Crippen molar-refractivity contribution in [1.29, 1.82) is 0 Å². The van der Waals surface area contributed by atoms with E-state index in [9.17, 15) is 21.6 Å². The van der Waals surface area contributed by atoms with E-state index in [1.54, 1.807) is 6.92 Å². The fraction of sp³-hybridized carbons (Fsp3) is 0.625. The molecule has 25 heavy (non-hydrogen) atoms. The van der Waals surface area contributed by atoms with Gasteiger partial charge in [0.2, 0.25) is 10.0 Å². The number of sulfonamides is 1. The van der Waals surface area contributed by atoms with Crippen LogP contribution >= 0.6 is 0 Å². The minimum absolute atomic E-state index is 0.0255. The summed E-state index contributed by atoms with van der Waals surface area (Å²) in [6.45, 7) is 1.89. The molecule has 1 N–H and O–H groups in total. The third-order valence-electron chi connectivity index (χ3n) is 4.14. The summed E-state index contributed by atoms with van der Waals surface area (Å²) in [6.07, 6.45) is -1.18. The molecule has 0 amide bonds. The number of halogens is 3. The maximum Gasteiger partial charge on any atom is 0.573 e. The molecule has 1 aromatic rings. The largest absolute Gasteiger partial charge is 0.573 e. The van der Waals surface area contributed by atoms with Crippen LogP contribution in [0.1, 0.15) is 32.6 Å². The summed E-state index contributed by atoms with van der Waals surface area (Å²) < 4.78 is 72.1. The SMILES string of the molecule is CCS(=O)(=O)N[C@@H]1CCCC[C@H]1COc1ccc(OC(F)(F)F)cc1. The molecule has 0 saturated heterocycles. The van der Waals surface area contributed by atoms with E-state index in [4.69, 9.17) is 4.74 Å². The average Bonchev–Trinajstić information content (AvgIpc) is 2.54. The second kappa shape index (κ2) is 8.27. The fourth-order valence-corrected chi connectivity index (χ4v) is 3.76. The van der Waals surface area contributed by atoms with Crippen LogP contribution in [0.5, 0.6) is 11.5 Å². The molecular weight excluding hydrogens is 359 g/mol. The van der Waals surface area contributed by atoms with Crippen molar-refractivity contribution in [2.75, 3.05) is 12.4 Å². The third kappa shape index (κ3) is 6.74. The number of alkyl halides is 3. The van der Waals surface area contributed by atoms with Crippen LogP contribution in [0.4, 0.5) is 13.2 Å². The lowest BCUT2D eigenvalue weighted by Gasteiger charge is -2.31. The van der Waals surface area contributed by atoms with Crippen molar-refractivity contribution in [2.45, 2.75) is 45.0 Å². The Hall–Kier alpha value is -1.48. The summed E-state index contributed by atoms with van der Waals surface area (Å²) in [7, 11) is -3.29. The van der Waals surface area contributed by atoms with Gasteiger partial charge in [0, 0.05) is 12.0 Å². The van der Waals surface area contributed by atoms with Crippen LogP contribution in [-0.2, 0) is 10.0 Å². The molecule has 0 aliphatic heterocycles. The van der Waals surface area contributed by atoms with Crippen LogP contribution in [0.25, 0.3) is 0 Å². The molecule has 9 heteroatoms. The van der Waals surface area contributed by atoms with Gasteiger partial charge in [-0.05, 0) is 44.0 Å². The van der Waals surface area contributed by atoms with Gasteiger partial charge in [-0.1, -0.05) is 12.8 Å². The highest BCUT2D eigenvalue weighted by atomic mass is 32.2. The van der Waals surface area contributed by atoms with E-state index in [1.165, 1.54) is 24.3 Å². The smallest absolute Gasteiger partial charge is 0.493 e. The van der Waals surface area contributed by atoms with Crippen molar-refractivity contribution in [3.8, 4) is 11.5 Å². The summed E-state index contributed by atoms with van der Waals surface area (Å²) in [5, 5.41) is 0. The quantitative estimate of drug-likeness (QED) is 0.786. The summed E-state index contributed by atoms with van der Waals surface area (Å²) in [4.78, 5) is 0. The van der Waals surface area contributed by atoms with Crippen molar-refractivity contribution in [2.24, 2.45) is 5.92 Å². The lowest BCUT2D eigenvalue weighted by atomic mass is 9.86. The predicted octanol–water partition coefficient (Wildman–Crippen LogP) is 3.46. The summed E-state index contributed by atoms with van der Waals surface area (Å²) in [5.41, 5.74) is 0. The highest BCUT2D eigenvalue weighted by Gasteiger charge is 2.31. The molecular formula is C16H22F3NO4S.